The Balaban J connectivity index is 2.16. The second-order valence-electron chi connectivity index (χ2n) is 6.01. The van der Waals surface area contributed by atoms with E-state index in [0.29, 0.717) is 23.8 Å². The number of para-hydroxylation sites is 2. The Morgan fingerprint density at radius 3 is 2.40 bits per heavy atom. The van der Waals surface area contributed by atoms with Crippen LogP contribution < -0.4 is 10.4 Å². The van der Waals surface area contributed by atoms with E-state index in [0.717, 1.165) is 12.1 Å². The van der Waals surface area contributed by atoms with Gasteiger partial charge in [0.25, 0.3) is 0 Å². The molecular weight excluding hydrogens is 316 g/mol. The van der Waals surface area contributed by atoms with Gasteiger partial charge in [0.2, 0.25) is 0 Å². The fourth-order valence-corrected chi connectivity index (χ4v) is 2.66. The lowest BCUT2D eigenvalue weighted by molar-refractivity contribution is 0.381. The molecule has 0 amide bonds. The summed E-state index contributed by atoms with van der Waals surface area (Å²) in [5, 5.41) is 4.61. The first kappa shape index (κ1) is 17.0. The lowest BCUT2D eigenvalue weighted by Gasteiger charge is -2.10. The fourth-order valence-electron chi connectivity index (χ4n) is 2.66. The number of nitrogens with zero attached hydrogens (tertiary/aromatic N) is 4. The van der Waals surface area contributed by atoms with Gasteiger partial charge in [0.05, 0.1) is 7.11 Å². The van der Waals surface area contributed by atoms with Gasteiger partial charge < -0.3 is 9.64 Å². The van der Waals surface area contributed by atoms with Crippen LogP contribution in [0.1, 0.15) is 0 Å². The van der Waals surface area contributed by atoms with Gasteiger partial charge in [-0.2, -0.15) is 4.68 Å². The van der Waals surface area contributed by atoms with Gasteiger partial charge in [0.1, 0.15) is 11.4 Å². The van der Waals surface area contributed by atoms with Crippen molar-refractivity contribution in [2.75, 3.05) is 27.7 Å². The van der Waals surface area contributed by atoms with Crippen molar-refractivity contribution in [1.82, 2.24) is 19.2 Å². The number of hydrogen-bond donors (Lipinski definition) is 0. The molecule has 25 heavy (non-hydrogen) atoms. The van der Waals surface area contributed by atoms with E-state index >= 15 is 0 Å². The van der Waals surface area contributed by atoms with Crippen LogP contribution in [0.3, 0.4) is 0 Å². The smallest absolute Gasteiger partial charge is 0.351 e. The molecule has 0 bridgehead atoms. The number of aromatic nitrogens is 3. The van der Waals surface area contributed by atoms with Crippen LogP contribution in [0.25, 0.3) is 17.1 Å². The Bertz CT molecular complexity index is 897. The third-order valence-corrected chi connectivity index (χ3v) is 3.98. The molecule has 0 radical (unpaired) electrons. The second-order valence-corrected chi connectivity index (χ2v) is 6.01. The highest BCUT2D eigenvalue weighted by molar-refractivity contribution is 5.56. The molecular formula is C19H22N4O2. The molecule has 0 saturated heterocycles. The molecule has 0 N–H and O–H groups in total. The molecule has 2 aromatic carbocycles. The lowest BCUT2D eigenvalue weighted by atomic mass is 10.2. The van der Waals surface area contributed by atoms with E-state index in [4.69, 9.17) is 4.74 Å². The average molecular weight is 338 g/mol. The van der Waals surface area contributed by atoms with Crippen LogP contribution in [-0.4, -0.2) is 47.0 Å². The van der Waals surface area contributed by atoms with Crippen molar-refractivity contribution in [1.29, 1.82) is 0 Å². The van der Waals surface area contributed by atoms with Crippen LogP contribution in [-0.2, 0) is 6.54 Å². The molecule has 3 aromatic rings. The van der Waals surface area contributed by atoms with Crippen LogP contribution in [0.5, 0.6) is 5.75 Å². The summed E-state index contributed by atoms with van der Waals surface area (Å²) in [5.41, 5.74) is 1.37. The molecule has 0 unspecified atom stereocenters. The Labute approximate surface area is 146 Å². The number of methoxy groups -OCH3 is 1. The van der Waals surface area contributed by atoms with E-state index in [1.54, 1.807) is 11.7 Å². The van der Waals surface area contributed by atoms with E-state index in [1.807, 2.05) is 73.6 Å². The quantitative estimate of drug-likeness (QED) is 0.692. The number of benzene rings is 2. The predicted octanol–water partition coefficient (Wildman–Crippen LogP) is 2.27. The van der Waals surface area contributed by atoms with Crippen LogP contribution in [0.2, 0.25) is 0 Å². The SMILES string of the molecule is COc1ccccc1-n1nc(-c2ccccc2)n(CCN(C)C)c1=O. The molecule has 6 nitrogen and oxygen atoms in total. The number of likely N-dealkylation sites (N-methyl/N-ethyl adjacent to an activating group) is 1. The lowest BCUT2D eigenvalue weighted by Crippen LogP contribution is -2.28. The van der Waals surface area contributed by atoms with Crippen molar-refractivity contribution in [2.45, 2.75) is 6.54 Å². The summed E-state index contributed by atoms with van der Waals surface area (Å²) in [5.74, 6) is 1.26. The summed E-state index contributed by atoms with van der Waals surface area (Å²) in [6.45, 7) is 1.31. The Morgan fingerprint density at radius 1 is 1.04 bits per heavy atom. The third-order valence-electron chi connectivity index (χ3n) is 3.98. The Morgan fingerprint density at radius 2 is 1.72 bits per heavy atom. The largest absolute Gasteiger partial charge is 0.494 e. The van der Waals surface area contributed by atoms with Crippen molar-refractivity contribution in [2.24, 2.45) is 0 Å². The van der Waals surface area contributed by atoms with Crippen molar-refractivity contribution >= 4 is 0 Å². The minimum absolute atomic E-state index is 0.176. The van der Waals surface area contributed by atoms with E-state index in [9.17, 15) is 4.79 Å². The molecule has 130 valence electrons. The Hall–Kier alpha value is -2.86. The summed E-state index contributed by atoms with van der Waals surface area (Å²) in [6.07, 6.45) is 0. The number of hydrogen-bond acceptors (Lipinski definition) is 4. The first-order valence-electron chi connectivity index (χ1n) is 8.15. The van der Waals surface area contributed by atoms with Crippen LogP contribution in [0.4, 0.5) is 0 Å². The fraction of sp³-hybridized carbons (Fsp3) is 0.263. The highest BCUT2D eigenvalue weighted by Crippen LogP contribution is 2.22. The molecule has 0 saturated carbocycles. The summed E-state index contributed by atoms with van der Waals surface area (Å²) in [6, 6.07) is 17.1. The van der Waals surface area contributed by atoms with E-state index < -0.39 is 0 Å². The summed E-state index contributed by atoms with van der Waals surface area (Å²) in [4.78, 5) is 15.1. The molecule has 1 aromatic heterocycles. The normalized spacial score (nSPS) is 11.0. The zero-order chi connectivity index (χ0) is 17.8. The highest BCUT2D eigenvalue weighted by Gasteiger charge is 2.18. The maximum atomic E-state index is 13.0. The third kappa shape index (κ3) is 3.49. The zero-order valence-corrected chi connectivity index (χ0v) is 14.7. The van der Waals surface area contributed by atoms with Gasteiger partial charge in [0, 0.05) is 18.7 Å². The minimum Gasteiger partial charge on any atom is -0.494 e. The van der Waals surface area contributed by atoms with Gasteiger partial charge in [-0.1, -0.05) is 42.5 Å². The first-order valence-corrected chi connectivity index (χ1v) is 8.15. The molecule has 0 atom stereocenters. The van der Waals surface area contributed by atoms with Gasteiger partial charge in [-0.05, 0) is 26.2 Å². The molecule has 1 heterocycles. The van der Waals surface area contributed by atoms with Crippen LogP contribution >= 0.6 is 0 Å². The second kappa shape index (κ2) is 7.36. The Kier molecular flexibility index (Phi) is 5.00. The van der Waals surface area contributed by atoms with Crippen molar-refractivity contribution in [3.8, 4) is 22.8 Å². The summed E-state index contributed by atoms with van der Waals surface area (Å²) < 4.78 is 8.51. The predicted molar refractivity (Wildman–Crippen MR) is 98.4 cm³/mol. The monoisotopic (exact) mass is 338 g/mol. The minimum atomic E-state index is -0.176. The number of rotatable bonds is 6. The molecule has 0 aliphatic rings. The summed E-state index contributed by atoms with van der Waals surface area (Å²) in [7, 11) is 5.56. The van der Waals surface area contributed by atoms with Crippen molar-refractivity contribution < 1.29 is 4.74 Å². The average Bonchev–Trinajstić information content (AvgIpc) is 2.97. The maximum Gasteiger partial charge on any atom is 0.351 e. The van der Waals surface area contributed by atoms with Gasteiger partial charge in [0.15, 0.2) is 5.82 Å². The molecule has 3 rings (SSSR count). The molecule has 0 aliphatic heterocycles. The van der Waals surface area contributed by atoms with Gasteiger partial charge in [-0.25, -0.2) is 4.79 Å². The highest BCUT2D eigenvalue weighted by atomic mass is 16.5. The van der Waals surface area contributed by atoms with Crippen molar-refractivity contribution in [3.63, 3.8) is 0 Å². The summed E-state index contributed by atoms with van der Waals surface area (Å²) >= 11 is 0. The molecule has 0 aliphatic carbocycles. The van der Waals surface area contributed by atoms with Crippen LogP contribution in [0.15, 0.2) is 59.4 Å². The van der Waals surface area contributed by atoms with Gasteiger partial charge >= 0.3 is 5.69 Å². The van der Waals surface area contributed by atoms with Gasteiger partial charge in [-0.3, -0.25) is 4.57 Å². The number of ether oxygens (including phenoxy) is 1. The van der Waals surface area contributed by atoms with Crippen LogP contribution in [0, 0.1) is 0 Å². The molecule has 0 fully saturated rings. The zero-order valence-electron chi connectivity index (χ0n) is 14.7. The topological polar surface area (TPSA) is 52.3 Å². The van der Waals surface area contributed by atoms with E-state index in [1.165, 1.54) is 4.68 Å². The van der Waals surface area contributed by atoms with Crippen molar-refractivity contribution in [3.05, 3.63) is 65.1 Å². The molecule has 6 heteroatoms. The maximum absolute atomic E-state index is 13.0. The van der Waals surface area contributed by atoms with E-state index in [2.05, 4.69) is 5.10 Å². The standard InChI is InChI=1S/C19H22N4O2/c1-21(2)13-14-22-18(15-9-5-4-6-10-15)20-23(19(22)24)16-11-7-8-12-17(16)25-3/h4-12H,13-14H2,1-3H3. The molecule has 0 spiro atoms. The first-order chi connectivity index (χ1) is 12.1. The van der Waals surface area contributed by atoms with Gasteiger partial charge in [-0.15, -0.1) is 5.10 Å². The van der Waals surface area contributed by atoms with E-state index in [-0.39, 0.29) is 5.69 Å².